The Morgan fingerprint density at radius 2 is 2.06 bits per heavy atom. The Labute approximate surface area is 101 Å². The molecule has 1 aromatic heterocycles. The predicted molar refractivity (Wildman–Crippen MR) is 67.0 cm³/mol. The van der Waals surface area contributed by atoms with Gasteiger partial charge in [0.15, 0.2) is 0 Å². The summed E-state index contributed by atoms with van der Waals surface area (Å²) in [4.78, 5) is 4.18. The van der Waals surface area contributed by atoms with Gasteiger partial charge in [-0.25, -0.2) is 4.39 Å². The van der Waals surface area contributed by atoms with Gasteiger partial charge in [0.05, 0.1) is 0 Å². The summed E-state index contributed by atoms with van der Waals surface area (Å²) in [5.41, 5.74) is 2.91. The maximum atomic E-state index is 13.1. The summed E-state index contributed by atoms with van der Waals surface area (Å²) >= 11 is 0. The van der Waals surface area contributed by atoms with Crippen molar-refractivity contribution in [3.05, 3.63) is 54.1 Å². The quantitative estimate of drug-likeness (QED) is 0.873. The molecule has 2 rings (SSSR count). The van der Waals surface area contributed by atoms with Gasteiger partial charge in [-0.15, -0.1) is 0 Å². The highest BCUT2D eigenvalue weighted by Gasteiger charge is 2.01. The Kier molecular flexibility index (Phi) is 3.83. The lowest BCUT2D eigenvalue weighted by Crippen LogP contribution is -2.11. The van der Waals surface area contributed by atoms with Crippen LogP contribution < -0.4 is 5.32 Å². The largest absolute Gasteiger partial charge is 0.313 e. The van der Waals surface area contributed by atoms with E-state index in [1.165, 1.54) is 12.1 Å². The molecule has 1 aromatic carbocycles. The van der Waals surface area contributed by atoms with Gasteiger partial charge in [0.1, 0.15) is 5.82 Å². The molecule has 0 saturated heterocycles. The van der Waals surface area contributed by atoms with E-state index in [1.807, 2.05) is 18.3 Å². The van der Waals surface area contributed by atoms with E-state index in [4.69, 9.17) is 0 Å². The molecular weight excluding hydrogens is 215 g/mol. The molecule has 3 heteroatoms. The SMILES string of the molecule is CCNCc1cncc(-c2cccc(F)c2)c1. The monoisotopic (exact) mass is 230 g/mol. The van der Waals surface area contributed by atoms with Gasteiger partial charge in [0.2, 0.25) is 0 Å². The molecule has 0 fully saturated rings. The summed E-state index contributed by atoms with van der Waals surface area (Å²) in [6.07, 6.45) is 3.58. The van der Waals surface area contributed by atoms with Crippen LogP contribution in [0.15, 0.2) is 42.7 Å². The number of aromatic nitrogens is 1. The highest BCUT2D eigenvalue weighted by atomic mass is 19.1. The van der Waals surface area contributed by atoms with E-state index in [9.17, 15) is 4.39 Å². The summed E-state index contributed by atoms with van der Waals surface area (Å²) < 4.78 is 13.1. The van der Waals surface area contributed by atoms with E-state index >= 15 is 0 Å². The fourth-order valence-corrected chi connectivity index (χ4v) is 1.68. The molecule has 17 heavy (non-hydrogen) atoms. The molecule has 1 N–H and O–H groups in total. The molecule has 0 atom stereocenters. The fourth-order valence-electron chi connectivity index (χ4n) is 1.68. The number of hydrogen-bond acceptors (Lipinski definition) is 2. The maximum Gasteiger partial charge on any atom is 0.123 e. The van der Waals surface area contributed by atoms with Gasteiger partial charge in [-0.2, -0.15) is 0 Å². The van der Waals surface area contributed by atoms with Crippen molar-refractivity contribution < 1.29 is 4.39 Å². The summed E-state index contributed by atoms with van der Waals surface area (Å²) in [5.74, 6) is -0.223. The number of nitrogens with zero attached hydrogens (tertiary/aromatic N) is 1. The number of nitrogens with one attached hydrogen (secondary N) is 1. The van der Waals surface area contributed by atoms with Crippen LogP contribution in [0.25, 0.3) is 11.1 Å². The lowest BCUT2D eigenvalue weighted by Gasteiger charge is -2.05. The molecule has 0 aliphatic carbocycles. The molecule has 0 radical (unpaired) electrons. The molecule has 0 saturated carbocycles. The minimum atomic E-state index is -0.223. The topological polar surface area (TPSA) is 24.9 Å². The van der Waals surface area contributed by atoms with Crippen LogP contribution in [0.4, 0.5) is 4.39 Å². The molecule has 0 spiro atoms. The average molecular weight is 230 g/mol. The molecule has 0 bridgehead atoms. The molecule has 2 aromatic rings. The molecule has 0 aliphatic heterocycles. The van der Waals surface area contributed by atoms with Gasteiger partial charge in [-0.05, 0) is 35.9 Å². The van der Waals surface area contributed by atoms with E-state index in [2.05, 4.69) is 17.2 Å². The Bertz CT molecular complexity index is 497. The zero-order chi connectivity index (χ0) is 12.1. The van der Waals surface area contributed by atoms with E-state index in [1.54, 1.807) is 12.3 Å². The Hall–Kier alpha value is -1.74. The first-order chi connectivity index (χ1) is 8.29. The van der Waals surface area contributed by atoms with Gasteiger partial charge in [0.25, 0.3) is 0 Å². The molecular formula is C14H15FN2. The van der Waals surface area contributed by atoms with Crippen LogP contribution in [0, 0.1) is 5.82 Å². The summed E-state index contributed by atoms with van der Waals surface area (Å²) in [5, 5.41) is 3.24. The minimum absolute atomic E-state index is 0.223. The standard InChI is InChI=1S/C14H15FN2/c1-2-16-8-11-6-13(10-17-9-11)12-4-3-5-14(15)7-12/h3-7,9-10,16H,2,8H2,1H3. The normalized spacial score (nSPS) is 10.5. The summed E-state index contributed by atoms with van der Waals surface area (Å²) in [6, 6.07) is 8.59. The lowest BCUT2D eigenvalue weighted by atomic mass is 10.1. The summed E-state index contributed by atoms with van der Waals surface area (Å²) in [7, 11) is 0. The zero-order valence-electron chi connectivity index (χ0n) is 9.78. The summed E-state index contributed by atoms with van der Waals surface area (Å²) in [6.45, 7) is 3.76. The van der Waals surface area contributed by atoms with Gasteiger partial charge in [0, 0.05) is 24.5 Å². The van der Waals surface area contributed by atoms with E-state index in [-0.39, 0.29) is 5.82 Å². The van der Waals surface area contributed by atoms with Crippen LogP contribution in [0.5, 0.6) is 0 Å². The minimum Gasteiger partial charge on any atom is -0.313 e. The first kappa shape index (κ1) is 11.7. The van der Waals surface area contributed by atoms with Gasteiger partial charge >= 0.3 is 0 Å². The van der Waals surface area contributed by atoms with Crippen LogP contribution in [-0.4, -0.2) is 11.5 Å². The first-order valence-corrected chi connectivity index (χ1v) is 5.70. The highest BCUT2D eigenvalue weighted by Crippen LogP contribution is 2.20. The maximum absolute atomic E-state index is 13.1. The Balaban J connectivity index is 2.26. The van der Waals surface area contributed by atoms with Crippen molar-refractivity contribution in [2.24, 2.45) is 0 Å². The Morgan fingerprint density at radius 1 is 1.18 bits per heavy atom. The average Bonchev–Trinajstić information content (AvgIpc) is 2.37. The van der Waals surface area contributed by atoms with Crippen molar-refractivity contribution in [3.8, 4) is 11.1 Å². The third kappa shape index (κ3) is 3.11. The van der Waals surface area contributed by atoms with Crippen molar-refractivity contribution in [1.82, 2.24) is 10.3 Å². The molecule has 1 heterocycles. The molecule has 2 nitrogen and oxygen atoms in total. The molecule has 0 aliphatic rings. The number of halogens is 1. The zero-order valence-corrected chi connectivity index (χ0v) is 9.78. The van der Waals surface area contributed by atoms with E-state index in [0.29, 0.717) is 0 Å². The van der Waals surface area contributed by atoms with Crippen molar-refractivity contribution in [3.63, 3.8) is 0 Å². The molecule has 88 valence electrons. The van der Waals surface area contributed by atoms with Crippen LogP contribution >= 0.6 is 0 Å². The van der Waals surface area contributed by atoms with Gasteiger partial charge < -0.3 is 5.32 Å². The van der Waals surface area contributed by atoms with Crippen molar-refractivity contribution in [2.45, 2.75) is 13.5 Å². The smallest absolute Gasteiger partial charge is 0.123 e. The van der Waals surface area contributed by atoms with Crippen molar-refractivity contribution >= 4 is 0 Å². The van der Waals surface area contributed by atoms with Crippen LogP contribution in [0.3, 0.4) is 0 Å². The van der Waals surface area contributed by atoms with E-state index < -0.39 is 0 Å². The predicted octanol–water partition coefficient (Wildman–Crippen LogP) is 3.00. The van der Waals surface area contributed by atoms with Gasteiger partial charge in [-0.3, -0.25) is 4.98 Å². The Morgan fingerprint density at radius 3 is 2.82 bits per heavy atom. The van der Waals surface area contributed by atoms with Gasteiger partial charge in [-0.1, -0.05) is 19.1 Å². The number of rotatable bonds is 4. The van der Waals surface area contributed by atoms with Crippen LogP contribution in [-0.2, 0) is 6.54 Å². The van der Waals surface area contributed by atoms with Crippen LogP contribution in [0.2, 0.25) is 0 Å². The second-order valence-corrected chi connectivity index (χ2v) is 3.87. The first-order valence-electron chi connectivity index (χ1n) is 5.70. The van der Waals surface area contributed by atoms with E-state index in [0.717, 1.165) is 29.8 Å². The third-order valence-corrected chi connectivity index (χ3v) is 2.53. The molecule has 0 unspecified atom stereocenters. The van der Waals surface area contributed by atoms with Crippen molar-refractivity contribution in [2.75, 3.05) is 6.54 Å². The third-order valence-electron chi connectivity index (χ3n) is 2.53. The highest BCUT2D eigenvalue weighted by molar-refractivity contribution is 5.62. The van der Waals surface area contributed by atoms with Crippen LogP contribution in [0.1, 0.15) is 12.5 Å². The lowest BCUT2D eigenvalue weighted by molar-refractivity contribution is 0.628. The second-order valence-electron chi connectivity index (χ2n) is 3.87. The van der Waals surface area contributed by atoms with Crippen molar-refractivity contribution in [1.29, 1.82) is 0 Å². The fraction of sp³-hybridized carbons (Fsp3) is 0.214. The number of hydrogen-bond donors (Lipinski definition) is 1. The molecule has 0 amide bonds. The number of benzene rings is 1. The number of pyridine rings is 1. The second kappa shape index (κ2) is 5.55.